The van der Waals surface area contributed by atoms with Crippen molar-refractivity contribution in [2.24, 2.45) is 5.41 Å². The van der Waals surface area contributed by atoms with Crippen LogP contribution >= 0.6 is 0 Å². The molecule has 1 aliphatic rings. The minimum atomic E-state index is 0.102. The minimum Gasteiger partial charge on any atom is -0.383 e. The molecule has 74 valence electrons. The summed E-state index contributed by atoms with van der Waals surface area (Å²) in [5, 5.41) is 3.37. The van der Waals surface area contributed by atoms with Gasteiger partial charge in [0.1, 0.15) is 0 Å². The number of rotatable bonds is 5. The maximum Gasteiger partial charge on any atom is 0.0603 e. The average Bonchev–Trinajstić information content (AvgIpc) is 2.46. The third-order valence-electron chi connectivity index (χ3n) is 2.64. The Morgan fingerprint density at radius 3 is 2.77 bits per heavy atom. The molecule has 13 heavy (non-hydrogen) atoms. The van der Waals surface area contributed by atoms with E-state index in [9.17, 15) is 0 Å². The summed E-state index contributed by atoms with van der Waals surface area (Å²) in [5.41, 5.74) is 1.49. The molecule has 0 saturated carbocycles. The van der Waals surface area contributed by atoms with Crippen LogP contribution in [0.2, 0.25) is 0 Å². The Bertz CT molecular complexity index is 220. The van der Waals surface area contributed by atoms with Gasteiger partial charge in [-0.25, -0.2) is 0 Å². The Morgan fingerprint density at radius 1 is 1.54 bits per heavy atom. The molecule has 1 rings (SSSR count). The fraction of sp³-hybridized carbons (Fsp3) is 0.636. The van der Waals surface area contributed by atoms with Crippen LogP contribution in [0.25, 0.3) is 0 Å². The molecular weight excluding hydrogens is 162 g/mol. The average molecular weight is 181 g/mol. The molecule has 2 heteroatoms. The molecule has 0 amide bonds. The van der Waals surface area contributed by atoms with Crippen LogP contribution in [0.4, 0.5) is 0 Å². The fourth-order valence-corrected chi connectivity index (χ4v) is 1.69. The number of hydrogen-bond acceptors (Lipinski definition) is 2. The van der Waals surface area contributed by atoms with Gasteiger partial charge in [0.25, 0.3) is 0 Å². The molecule has 0 radical (unpaired) electrons. The molecule has 1 N–H and O–H groups in total. The van der Waals surface area contributed by atoms with Crippen molar-refractivity contribution in [2.75, 3.05) is 26.8 Å². The van der Waals surface area contributed by atoms with Gasteiger partial charge in [0.15, 0.2) is 0 Å². The lowest BCUT2D eigenvalue weighted by Gasteiger charge is -2.28. The normalized spacial score (nSPS) is 26.5. The molecule has 0 heterocycles. The van der Waals surface area contributed by atoms with Crippen molar-refractivity contribution in [3.8, 4) is 0 Å². The van der Waals surface area contributed by atoms with E-state index >= 15 is 0 Å². The zero-order valence-corrected chi connectivity index (χ0v) is 8.76. The molecule has 1 unspecified atom stereocenters. The predicted molar refractivity (Wildman–Crippen MR) is 55.7 cm³/mol. The highest BCUT2D eigenvalue weighted by Gasteiger charge is 2.30. The third kappa shape index (κ3) is 2.20. The van der Waals surface area contributed by atoms with Crippen LogP contribution in [-0.2, 0) is 4.74 Å². The van der Waals surface area contributed by atoms with Crippen LogP contribution in [0.1, 0.15) is 13.8 Å². The van der Waals surface area contributed by atoms with Gasteiger partial charge in [-0.05, 0) is 13.5 Å². The van der Waals surface area contributed by atoms with Crippen molar-refractivity contribution < 1.29 is 4.74 Å². The number of allylic oxidation sites excluding steroid dienone is 2. The van der Waals surface area contributed by atoms with Gasteiger partial charge in [0.2, 0.25) is 0 Å². The molecule has 0 aromatic rings. The second-order valence-electron chi connectivity index (χ2n) is 3.58. The summed E-state index contributed by atoms with van der Waals surface area (Å²) < 4.78 is 5.26. The Morgan fingerprint density at radius 2 is 2.31 bits per heavy atom. The van der Waals surface area contributed by atoms with Crippen LogP contribution in [0.3, 0.4) is 0 Å². The number of ether oxygens (including phenoxy) is 1. The SMILES string of the molecule is CCNCC1(COC)C=CC=C1C. The molecule has 2 nitrogen and oxygen atoms in total. The molecule has 1 atom stereocenters. The van der Waals surface area contributed by atoms with Gasteiger partial charge in [-0.3, -0.25) is 0 Å². The van der Waals surface area contributed by atoms with Gasteiger partial charge in [-0.2, -0.15) is 0 Å². The first-order valence-electron chi connectivity index (χ1n) is 4.81. The minimum absolute atomic E-state index is 0.102. The third-order valence-corrected chi connectivity index (χ3v) is 2.64. The van der Waals surface area contributed by atoms with E-state index in [1.165, 1.54) is 5.57 Å². The lowest BCUT2D eigenvalue weighted by Crippen LogP contribution is -2.36. The Kier molecular flexibility index (Phi) is 3.70. The Labute approximate surface area is 80.7 Å². The highest BCUT2D eigenvalue weighted by molar-refractivity contribution is 5.33. The van der Waals surface area contributed by atoms with Crippen LogP contribution in [0.5, 0.6) is 0 Å². The van der Waals surface area contributed by atoms with Gasteiger partial charge < -0.3 is 10.1 Å². The van der Waals surface area contributed by atoms with Gasteiger partial charge in [-0.1, -0.05) is 30.7 Å². The monoisotopic (exact) mass is 181 g/mol. The Balaban J connectivity index is 2.64. The van der Waals surface area contributed by atoms with Crippen molar-refractivity contribution in [1.82, 2.24) is 5.32 Å². The summed E-state index contributed by atoms with van der Waals surface area (Å²) in [5.74, 6) is 0. The van der Waals surface area contributed by atoms with Crippen molar-refractivity contribution in [3.05, 3.63) is 23.8 Å². The van der Waals surface area contributed by atoms with Gasteiger partial charge in [-0.15, -0.1) is 0 Å². The molecule has 0 spiro atoms. The zero-order valence-electron chi connectivity index (χ0n) is 8.76. The van der Waals surface area contributed by atoms with E-state index in [4.69, 9.17) is 4.74 Å². The van der Waals surface area contributed by atoms with Gasteiger partial charge in [0.05, 0.1) is 6.61 Å². The number of hydrogen-bond donors (Lipinski definition) is 1. The first kappa shape index (κ1) is 10.5. The largest absolute Gasteiger partial charge is 0.383 e. The lowest BCUT2D eigenvalue weighted by molar-refractivity contribution is 0.132. The summed E-state index contributed by atoms with van der Waals surface area (Å²) >= 11 is 0. The van der Waals surface area contributed by atoms with Crippen molar-refractivity contribution >= 4 is 0 Å². The van der Waals surface area contributed by atoms with Crippen molar-refractivity contribution in [1.29, 1.82) is 0 Å². The molecule has 0 aromatic carbocycles. The molecular formula is C11H19NO. The maximum atomic E-state index is 5.26. The second kappa shape index (κ2) is 4.58. The summed E-state index contributed by atoms with van der Waals surface area (Å²) in [7, 11) is 1.76. The smallest absolute Gasteiger partial charge is 0.0603 e. The molecule has 0 aromatic heterocycles. The van der Waals surface area contributed by atoms with Crippen molar-refractivity contribution in [2.45, 2.75) is 13.8 Å². The zero-order chi connectivity index (χ0) is 9.73. The molecule has 0 fully saturated rings. The standard InChI is InChI=1S/C11H19NO/c1-4-12-8-11(9-13-3)7-5-6-10(11)2/h5-7,12H,4,8-9H2,1-3H3. The topological polar surface area (TPSA) is 21.3 Å². The molecule has 1 aliphatic carbocycles. The van der Waals surface area contributed by atoms with E-state index in [-0.39, 0.29) is 5.41 Å². The molecule has 0 aliphatic heterocycles. The number of methoxy groups -OCH3 is 1. The first-order chi connectivity index (χ1) is 6.25. The van der Waals surface area contributed by atoms with Crippen LogP contribution in [0.15, 0.2) is 23.8 Å². The van der Waals surface area contributed by atoms with E-state index in [1.807, 2.05) is 0 Å². The fourth-order valence-electron chi connectivity index (χ4n) is 1.69. The summed E-state index contributed by atoms with van der Waals surface area (Å²) in [6, 6.07) is 0. The first-order valence-corrected chi connectivity index (χ1v) is 4.81. The van der Waals surface area contributed by atoms with E-state index in [0.29, 0.717) is 0 Å². The molecule has 0 saturated heterocycles. The highest BCUT2D eigenvalue weighted by atomic mass is 16.5. The van der Waals surface area contributed by atoms with E-state index < -0.39 is 0 Å². The second-order valence-corrected chi connectivity index (χ2v) is 3.58. The van der Waals surface area contributed by atoms with E-state index in [2.05, 4.69) is 37.4 Å². The van der Waals surface area contributed by atoms with Gasteiger partial charge >= 0.3 is 0 Å². The van der Waals surface area contributed by atoms with Crippen LogP contribution < -0.4 is 5.32 Å². The van der Waals surface area contributed by atoms with E-state index in [0.717, 1.165) is 19.7 Å². The van der Waals surface area contributed by atoms with Crippen LogP contribution in [0, 0.1) is 5.41 Å². The summed E-state index contributed by atoms with van der Waals surface area (Å²) in [6.45, 7) is 7.02. The van der Waals surface area contributed by atoms with Crippen molar-refractivity contribution in [3.63, 3.8) is 0 Å². The van der Waals surface area contributed by atoms with Crippen LogP contribution in [-0.4, -0.2) is 26.8 Å². The number of nitrogens with one attached hydrogen (secondary N) is 1. The van der Waals surface area contributed by atoms with E-state index in [1.54, 1.807) is 7.11 Å². The molecule has 0 bridgehead atoms. The predicted octanol–water partition coefficient (Wildman–Crippen LogP) is 1.74. The Hall–Kier alpha value is -0.600. The highest BCUT2D eigenvalue weighted by Crippen LogP contribution is 2.33. The lowest BCUT2D eigenvalue weighted by atomic mass is 9.84. The van der Waals surface area contributed by atoms with Gasteiger partial charge in [0, 0.05) is 19.1 Å². The maximum absolute atomic E-state index is 5.26. The summed E-state index contributed by atoms with van der Waals surface area (Å²) in [6.07, 6.45) is 6.51. The quantitative estimate of drug-likeness (QED) is 0.697. The summed E-state index contributed by atoms with van der Waals surface area (Å²) in [4.78, 5) is 0.